The first-order valence-corrected chi connectivity index (χ1v) is 5.87. The molecule has 13 heavy (non-hydrogen) atoms. The van der Waals surface area contributed by atoms with Crippen molar-refractivity contribution in [1.82, 2.24) is 5.32 Å². The first-order chi connectivity index (χ1) is 6.05. The zero-order valence-corrected chi connectivity index (χ0v) is 8.56. The molecule has 0 bridgehead atoms. The van der Waals surface area contributed by atoms with Gasteiger partial charge in [-0.15, -0.1) is 0 Å². The molecule has 1 aromatic rings. The van der Waals surface area contributed by atoms with Crippen LogP contribution < -0.4 is 5.32 Å². The van der Waals surface area contributed by atoms with Crippen LogP contribution in [0.25, 0.3) is 0 Å². The molecule has 4 heteroatoms. The molecule has 3 nitrogen and oxygen atoms in total. The Labute approximate surface area is 78.7 Å². The predicted molar refractivity (Wildman–Crippen MR) is 52.3 cm³/mol. The maximum atomic E-state index is 11.3. The Kier molecular flexibility index (Phi) is 3.06. The lowest BCUT2D eigenvalue weighted by Gasteiger charge is -2.05. The van der Waals surface area contributed by atoms with Crippen LogP contribution in [0.3, 0.4) is 0 Å². The van der Waals surface area contributed by atoms with Gasteiger partial charge >= 0.3 is 0 Å². The molecule has 0 spiro atoms. The third-order valence-corrected chi connectivity index (χ3v) is 2.94. The normalized spacial score (nSPS) is 11.5. The minimum atomic E-state index is -3.10. The molecule has 0 unspecified atom stereocenters. The van der Waals surface area contributed by atoms with Crippen LogP contribution in [0.5, 0.6) is 0 Å². The highest BCUT2D eigenvalue weighted by Crippen LogP contribution is 2.14. The maximum absolute atomic E-state index is 11.3. The summed E-state index contributed by atoms with van der Waals surface area (Å²) in [6.07, 6.45) is 1.22. The van der Waals surface area contributed by atoms with Gasteiger partial charge in [-0.25, -0.2) is 8.42 Å². The average Bonchev–Trinajstić information content (AvgIpc) is 2.04. The van der Waals surface area contributed by atoms with Crippen molar-refractivity contribution in [1.29, 1.82) is 0 Å². The van der Waals surface area contributed by atoms with Crippen molar-refractivity contribution in [3.8, 4) is 0 Å². The minimum absolute atomic E-state index is 0.407. The van der Waals surface area contributed by atoms with E-state index < -0.39 is 9.84 Å². The Hall–Kier alpha value is -0.870. The fourth-order valence-electron chi connectivity index (χ4n) is 1.20. The van der Waals surface area contributed by atoms with Crippen molar-refractivity contribution < 1.29 is 8.42 Å². The van der Waals surface area contributed by atoms with Gasteiger partial charge in [-0.05, 0) is 18.7 Å². The van der Waals surface area contributed by atoms with E-state index in [1.165, 1.54) is 6.26 Å². The highest BCUT2D eigenvalue weighted by molar-refractivity contribution is 7.90. The van der Waals surface area contributed by atoms with Crippen LogP contribution >= 0.6 is 0 Å². The molecule has 0 fully saturated rings. The van der Waals surface area contributed by atoms with Crippen LogP contribution in [0.1, 0.15) is 5.56 Å². The summed E-state index contributed by atoms with van der Waals surface area (Å²) in [5.41, 5.74) is 0.813. The van der Waals surface area contributed by atoms with E-state index in [1.54, 1.807) is 19.2 Å². The van der Waals surface area contributed by atoms with E-state index in [0.717, 1.165) is 5.56 Å². The largest absolute Gasteiger partial charge is 0.316 e. The molecule has 0 saturated carbocycles. The summed E-state index contributed by atoms with van der Waals surface area (Å²) in [7, 11) is -1.30. The van der Waals surface area contributed by atoms with Gasteiger partial charge in [-0.2, -0.15) is 0 Å². The van der Waals surface area contributed by atoms with Crippen LogP contribution in [0, 0.1) is 0 Å². The van der Waals surface area contributed by atoms with Gasteiger partial charge < -0.3 is 5.32 Å². The molecule has 1 aromatic carbocycles. The van der Waals surface area contributed by atoms with Crippen molar-refractivity contribution in [2.75, 3.05) is 13.3 Å². The average molecular weight is 199 g/mol. The second-order valence-electron chi connectivity index (χ2n) is 2.91. The summed E-state index contributed by atoms with van der Waals surface area (Å²) < 4.78 is 22.6. The van der Waals surface area contributed by atoms with Crippen molar-refractivity contribution >= 4 is 9.84 Å². The molecular formula is C9H13NO2S. The quantitative estimate of drug-likeness (QED) is 0.783. The van der Waals surface area contributed by atoms with Gasteiger partial charge in [0.05, 0.1) is 4.90 Å². The van der Waals surface area contributed by atoms with Crippen molar-refractivity contribution in [2.45, 2.75) is 11.4 Å². The molecule has 1 N–H and O–H groups in total. The third-order valence-electron chi connectivity index (χ3n) is 1.74. The number of rotatable bonds is 3. The van der Waals surface area contributed by atoms with E-state index >= 15 is 0 Å². The van der Waals surface area contributed by atoms with Crippen LogP contribution in [-0.4, -0.2) is 21.7 Å². The summed E-state index contributed by atoms with van der Waals surface area (Å²) in [6.45, 7) is 0.573. The minimum Gasteiger partial charge on any atom is -0.316 e. The number of nitrogens with one attached hydrogen (secondary N) is 1. The van der Waals surface area contributed by atoms with Crippen LogP contribution in [0.2, 0.25) is 0 Å². The maximum Gasteiger partial charge on any atom is 0.175 e. The Bertz CT molecular complexity index is 384. The van der Waals surface area contributed by atoms with Crippen molar-refractivity contribution in [2.24, 2.45) is 0 Å². The number of sulfone groups is 1. The van der Waals surface area contributed by atoms with Gasteiger partial charge in [0.15, 0.2) is 9.84 Å². The Balaban J connectivity index is 3.20. The fourth-order valence-corrected chi connectivity index (χ4v) is 2.14. The van der Waals surface area contributed by atoms with E-state index in [-0.39, 0.29) is 0 Å². The summed E-state index contributed by atoms with van der Waals surface area (Å²) in [5, 5.41) is 2.93. The topological polar surface area (TPSA) is 46.2 Å². The molecule has 0 radical (unpaired) electrons. The molecule has 0 aliphatic heterocycles. The Morgan fingerprint density at radius 1 is 1.31 bits per heavy atom. The monoisotopic (exact) mass is 199 g/mol. The molecule has 0 atom stereocenters. The van der Waals surface area contributed by atoms with E-state index in [4.69, 9.17) is 0 Å². The van der Waals surface area contributed by atoms with E-state index in [2.05, 4.69) is 5.32 Å². The second-order valence-corrected chi connectivity index (χ2v) is 4.89. The second kappa shape index (κ2) is 3.89. The lowest BCUT2D eigenvalue weighted by atomic mass is 10.2. The lowest BCUT2D eigenvalue weighted by Crippen LogP contribution is -2.10. The lowest BCUT2D eigenvalue weighted by molar-refractivity contribution is 0.600. The summed E-state index contributed by atoms with van der Waals surface area (Å²) in [6, 6.07) is 7.01. The molecule has 0 heterocycles. The SMILES string of the molecule is CNCc1ccccc1S(C)(=O)=O. The van der Waals surface area contributed by atoms with Crippen LogP contribution in [0.4, 0.5) is 0 Å². The molecule has 72 valence electrons. The molecule has 0 aromatic heterocycles. The highest BCUT2D eigenvalue weighted by Gasteiger charge is 2.10. The number of benzene rings is 1. The summed E-state index contributed by atoms with van der Waals surface area (Å²) >= 11 is 0. The molecule has 0 saturated heterocycles. The van der Waals surface area contributed by atoms with Gasteiger partial charge in [0.25, 0.3) is 0 Å². The number of hydrogen-bond donors (Lipinski definition) is 1. The van der Waals surface area contributed by atoms with Crippen molar-refractivity contribution in [3.63, 3.8) is 0 Å². The zero-order chi connectivity index (χ0) is 9.90. The zero-order valence-electron chi connectivity index (χ0n) is 7.74. The Morgan fingerprint density at radius 2 is 1.92 bits per heavy atom. The molecular weight excluding hydrogens is 186 g/mol. The number of hydrogen-bond acceptors (Lipinski definition) is 3. The molecule has 0 aliphatic carbocycles. The summed E-state index contributed by atoms with van der Waals surface area (Å²) in [5.74, 6) is 0. The smallest absolute Gasteiger partial charge is 0.175 e. The van der Waals surface area contributed by atoms with Gasteiger partial charge in [-0.1, -0.05) is 18.2 Å². The fraction of sp³-hybridized carbons (Fsp3) is 0.333. The standard InChI is InChI=1S/C9H13NO2S/c1-10-7-8-5-3-4-6-9(8)13(2,11)12/h3-6,10H,7H2,1-2H3. The first-order valence-electron chi connectivity index (χ1n) is 3.98. The van der Waals surface area contributed by atoms with Gasteiger partial charge in [0.2, 0.25) is 0 Å². The molecule has 1 rings (SSSR count). The van der Waals surface area contributed by atoms with E-state index in [0.29, 0.717) is 11.4 Å². The van der Waals surface area contributed by atoms with Gasteiger partial charge in [-0.3, -0.25) is 0 Å². The van der Waals surface area contributed by atoms with Crippen LogP contribution in [-0.2, 0) is 16.4 Å². The van der Waals surface area contributed by atoms with Crippen molar-refractivity contribution in [3.05, 3.63) is 29.8 Å². The molecule has 0 aliphatic rings. The highest BCUT2D eigenvalue weighted by atomic mass is 32.2. The predicted octanol–water partition coefficient (Wildman–Crippen LogP) is 0.810. The van der Waals surface area contributed by atoms with Gasteiger partial charge in [0.1, 0.15) is 0 Å². The Morgan fingerprint density at radius 3 is 2.46 bits per heavy atom. The van der Waals surface area contributed by atoms with E-state index in [1.807, 2.05) is 12.1 Å². The van der Waals surface area contributed by atoms with Gasteiger partial charge in [0, 0.05) is 12.8 Å². The summed E-state index contributed by atoms with van der Waals surface area (Å²) in [4.78, 5) is 0.407. The third kappa shape index (κ3) is 2.54. The first kappa shape index (κ1) is 10.2. The van der Waals surface area contributed by atoms with E-state index in [9.17, 15) is 8.42 Å². The van der Waals surface area contributed by atoms with Crippen LogP contribution in [0.15, 0.2) is 29.2 Å². The molecule has 0 amide bonds.